The molecule has 1 unspecified atom stereocenters. The van der Waals surface area contributed by atoms with Crippen LogP contribution >= 0.6 is 0 Å². The maximum atomic E-state index is 13.4. The Labute approximate surface area is 104 Å². The monoisotopic (exact) mass is 251 g/mol. The van der Waals surface area contributed by atoms with Crippen molar-refractivity contribution in [1.82, 2.24) is 15.3 Å². The molecule has 3 nitrogen and oxygen atoms in total. The van der Waals surface area contributed by atoms with Crippen molar-refractivity contribution < 1.29 is 8.78 Å². The molecule has 2 rings (SSSR count). The average Bonchev–Trinajstić information content (AvgIpc) is 2.86. The highest BCUT2D eigenvalue weighted by Crippen LogP contribution is 2.14. The maximum absolute atomic E-state index is 13.4. The van der Waals surface area contributed by atoms with E-state index < -0.39 is 11.6 Å². The molecule has 2 aromatic rings. The van der Waals surface area contributed by atoms with Crippen molar-refractivity contribution >= 4 is 0 Å². The van der Waals surface area contributed by atoms with Gasteiger partial charge in [-0.25, -0.2) is 13.8 Å². The fraction of sp³-hybridized carbons (Fsp3) is 0.308. The Balaban J connectivity index is 2.02. The summed E-state index contributed by atoms with van der Waals surface area (Å²) in [4.78, 5) is 7.19. The summed E-state index contributed by atoms with van der Waals surface area (Å²) in [6, 6.07) is 3.63. The van der Waals surface area contributed by atoms with Crippen molar-refractivity contribution in [3.63, 3.8) is 0 Å². The lowest BCUT2D eigenvalue weighted by atomic mass is 10.1. The highest BCUT2D eigenvalue weighted by atomic mass is 19.1. The van der Waals surface area contributed by atoms with Crippen LogP contribution < -0.4 is 5.32 Å². The van der Waals surface area contributed by atoms with Gasteiger partial charge in [-0.1, -0.05) is 13.0 Å². The lowest BCUT2D eigenvalue weighted by Crippen LogP contribution is -2.22. The van der Waals surface area contributed by atoms with Crippen LogP contribution in [0.25, 0.3) is 0 Å². The van der Waals surface area contributed by atoms with Crippen LogP contribution in [-0.2, 0) is 6.54 Å². The Morgan fingerprint density at radius 2 is 2.22 bits per heavy atom. The molecule has 0 amide bonds. The number of rotatable bonds is 5. The van der Waals surface area contributed by atoms with Crippen molar-refractivity contribution in [3.05, 3.63) is 53.6 Å². The van der Waals surface area contributed by atoms with Crippen molar-refractivity contribution in [2.75, 3.05) is 0 Å². The molecule has 2 N–H and O–H groups in total. The number of H-pyrrole nitrogens is 1. The van der Waals surface area contributed by atoms with Crippen molar-refractivity contribution in [2.24, 2.45) is 0 Å². The molecular formula is C13H15F2N3. The Kier molecular flexibility index (Phi) is 4.04. The Hall–Kier alpha value is -1.75. The summed E-state index contributed by atoms with van der Waals surface area (Å²) in [7, 11) is 0. The predicted molar refractivity (Wildman–Crippen MR) is 64.8 cm³/mol. The van der Waals surface area contributed by atoms with E-state index >= 15 is 0 Å². The fourth-order valence-corrected chi connectivity index (χ4v) is 1.80. The maximum Gasteiger partial charge on any atom is 0.130 e. The van der Waals surface area contributed by atoms with Gasteiger partial charge in [0, 0.05) is 30.6 Å². The van der Waals surface area contributed by atoms with E-state index in [-0.39, 0.29) is 6.04 Å². The molecule has 18 heavy (non-hydrogen) atoms. The summed E-state index contributed by atoms with van der Waals surface area (Å²) >= 11 is 0. The number of aromatic nitrogens is 2. The Bertz CT molecular complexity index is 497. The molecule has 0 aliphatic rings. The van der Waals surface area contributed by atoms with Crippen molar-refractivity contribution in [2.45, 2.75) is 25.9 Å². The zero-order valence-electron chi connectivity index (χ0n) is 10.1. The molecule has 1 aromatic heterocycles. The van der Waals surface area contributed by atoms with Crippen LogP contribution in [0, 0.1) is 11.6 Å². The van der Waals surface area contributed by atoms with E-state index in [1.165, 1.54) is 12.1 Å². The number of aromatic amines is 1. The first-order valence-corrected chi connectivity index (χ1v) is 5.87. The van der Waals surface area contributed by atoms with Crippen LogP contribution in [0.5, 0.6) is 0 Å². The van der Waals surface area contributed by atoms with E-state index in [0.29, 0.717) is 12.1 Å². The zero-order valence-corrected chi connectivity index (χ0v) is 10.1. The third kappa shape index (κ3) is 2.92. The molecule has 1 aromatic carbocycles. The quantitative estimate of drug-likeness (QED) is 0.857. The third-order valence-corrected chi connectivity index (χ3v) is 2.81. The molecule has 1 atom stereocenters. The zero-order chi connectivity index (χ0) is 13.0. The van der Waals surface area contributed by atoms with Gasteiger partial charge >= 0.3 is 0 Å². The van der Waals surface area contributed by atoms with Gasteiger partial charge in [0.15, 0.2) is 0 Å². The van der Waals surface area contributed by atoms with Gasteiger partial charge in [0.2, 0.25) is 0 Å². The van der Waals surface area contributed by atoms with E-state index in [2.05, 4.69) is 15.3 Å². The van der Waals surface area contributed by atoms with Crippen LogP contribution in [0.15, 0.2) is 30.6 Å². The van der Waals surface area contributed by atoms with E-state index in [1.807, 2.05) is 6.92 Å². The smallest absolute Gasteiger partial charge is 0.130 e. The van der Waals surface area contributed by atoms with E-state index in [9.17, 15) is 8.78 Å². The largest absolute Gasteiger partial charge is 0.347 e. The van der Waals surface area contributed by atoms with Gasteiger partial charge in [-0.15, -0.1) is 0 Å². The highest BCUT2D eigenvalue weighted by molar-refractivity contribution is 5.18. The minimum atomic E-state index is -0.561. The van der Waals surface area contributed by atoms with Gasteiger partial charge in [0.1, 0.15) is 17.5 Å². The summed E-state index contributed by atoms with van der Waals surface area (Å²) in [5.41, 5.74) is 0.446. The molecule has 0 fully saturated rings. The number of nitrogens with one attached hydrogen (secondary N) is 2. The van der Waals surface area contributed by atoms with Crippen LogP contribution in [0.1, 0.15) is 30.8 Å². The molecule has 0 bridgehead atoms. The summed E-state index contributed by atoms with van der Waals surface area (Å²) in [6.07, 6.45) is 4.26. The van der Waals surface area contributed by atoms with Gasteiger partial charge in [0.05, 0.1) is 6.04 Å². The van der Waals surface area contributed by atoms with Gasteiger partial charge in [-0.05, 0) is 12.5 Å². The summed E-state index contributed by atoms with van der Waals surface area (Å²) in [5, 5.41) is 3.19. The van der Waals surface area contributed by atoms with E-state index in [1.54, 1.807) is 12.4 Å². The molecule has 1 heterocycles. The number of benzene rings is 1. The molecule has 5 heteroatoms. The summed E-state index contributed by atoms with van der Waals surface area (Å²) in [6.45, 7) is 2.35. The number of halogens is 2. The number of nitrogens with zero attached hydrogens (tertiary/aromatic N) is 1. The van der Waals surface area contributed by atoms with Gasteiger partial charge < -0.3 is 10.3 Å². The summed E-state index contributed by atoms with van der Waals surface area (Å²) in [5.74, 6) is -0.272. The van der Waals surface area contributed by atoms with Gasteiger partial charge in [-0.2, -0.15) is 0 Å². The number of hydrogen-bond acceptors (Lipinski definition) is 2. The molecule has 96 valence electrons. The Morgan fingerprint density at radius 1 is 1.39 bits per heavy atom. The normalized spacial score (nSPS) is 12.6. The standard InChI is InChI=1S/C13H15F2N3/c1-2-12(13-16-5-6-17-13)18-8-9-3-4-10(14)7-11(9)15/h3-7,12,18H,2,8H2,1H3,(H,16,17). The first-order chi connectivity index (χ1) is 8.70. The predicted octanol–water partition coefficient (Wildman–Crippen LogP) is 2.93. The van der Waals surface area contributed by atoms with Crippen molar-refractivity contribution in [3.8, 4) is 0 Å². The van der Waals surface area contributed by atoms with Crippen LogP contribution in [0.2, 0.25) is 0 Å². The first-order valence-electron chi connectivity index (χ1n) is 5.87. The molecule has 0 radical (unpaired) electrons. The molecule has 0 spiro atoms. The van der Waals surface area contributed by atoms with Gasteiger partial charge in [0.25, 0.3) is 0 Å². The average molecular weight is 251 g/mol. The molecule has 0 saturated heterocycles. The van der Waals surface area contributed by atoms with E-state index in [0.717, 1.165) is 18.3 Å². The third-order valence-electron chi connectivity index (χ3n) is 2.81. The van der Waals surface area contributed by atoms with Crippen molar-refractivity contribution in [1.29, 1.82) is 0 Å². The lowest BCUT2D eigenvalue weighted by Gasteiger charge is -2.14. The topological polar surface area (TPSA) is 40.7 Å². The van der Waals surface area contributed by atoms with Gasteiger partial charge in [-0.3, -0.25) is 0 Å². The molecular weight excluding hydrogens is 236 g/mol. The minimum Gasteiger partial charge on any atom is -0.347 e. The number of imidazole rings is 1. The molecule has 0 aliphatic carbocycles. The second kappa shape index (κ2) is 5.73. The second-order valence-corrected chi connectivity index (χ2v) is 4.05. The van der Waals surface area contributed by atoms with Crippen LogP contribution in [0.4, 0.5) is 8.78 Å². The molecule has 0 aliphatic heterocycles. The Morgan fingerprint density at radius 3 is 2.83 bits per heavy atom. The highest BCUT2D eigenvalue weighted by Gasteiger charge is 2.12. The minimum absolute atomic E-state index is 0.0319. The summed E-state index contributed by atoms with van der Waals surface area (Å²) < 4.78 is 26.2. The molecule has 0 saturated carbocycles. The second-order valence-electron chi connectivity index (χ2n) is 4.05. The first kappa shape index (κ1) is 12.7. The van der Waals surface area contributed by atoms with E-state index in [4.69, 9.17) is 0 Å². The van der Waals surface area contributed by atoms with Crippen LogP contribution in [-0.4, -0.2) is 9.97 Å². The lowest BCUT2D eigenvalue weighted by molar-refractivity contribution is 0.484. The van der Waals surface area contributed by atoms with Crippen LogP contribution in [0.3, 0.4) is 0 Å². The SMILES string of the molecule is CCC(NCc1ccc(F)cc1F)c1ncc[nH]1. The fourth-order valence-electron chi connectivity index (χ4n) is 1.80. The number of hydrogen-bond donors (Lipinski definition) is 2.